The van der Waals surface area contributed by atoms with Crippen LogP contribution in [0.4, 0.5) is 5.69 Å². The van der Waals surface area contributed by atoms with Crippen LogP contribution < -0.4 is 5.32 Å². The molecule has 0 aliphatic heterocycles. The molecule has 0 atom stereocenters. The maximum absolute atomic E-state index is 12.6. The molecule has 0 saturated carbocycles. The number of carbonyl (C=O) groups excluding carboxylic acids is 1. The second-order valence-corrected chi connectivity index (χ2v) is 8.85. The van der Waals surface area contributed by atoms with E-state index < -0.39 is 0 Å². The largest absolute Gasteiger partial charge is 0.436 e. The zero-order valence-electron chi connectivity index (χ0n) is 17.4. The predicted molar refractivity (Wildman–Crippen MR) is 122 cm³/mol. The van der Waals surface area contributed by atoms with Crippen molar-refractivity contribution < 1.29 is 9.21 Å². The van der Waals surface area contributed by atoms with Gasteiger partial charge >= 0.3 is 0 Å². The molecule has 1 N–H and O–H groups in total. The number of aryl methyl sites for hydroxylation is 1. The average molecular weight is 419 g/mol. The minimum absolute atomic E-state index is 0.0480. The third-order valence-electron chi connectivity index (χ3n) is 5.08. The van der Waals surface area contributed by atoms with E-state index in [0.717, 1.165) is 11.1 Å². The lowest BCUT2D eigenvalue weighted by Gasteiger charge is -2.19. The van der Waals surface area contributed by atoms with Crippen molar-refractivity contribution in [2.24, 2.45) is 0 Å². The molecule has 3 aromatic carbocycles. The van der Waals surface area contributed by atoms with Gasteiger partial charge in [0.05, 0.1) is 0 Å². The van der Waals surface area contributed by atoms with Crippen LogP contribution in [0.1, 0.15) is 42.3 Å². The second-order valence-electron chi connectivity index (χ2n) is 8.45. The molecule has 0 fully saturated rings. The molecule has 0 unspecified atom stereocenters. The van der Waals surface area contributed by atoms with Crippen LogP contribution in [-0.4, -0.2) is 10.9 Å². The first-order valence-electron chi connectivity index (χ1n) is 9.80. The van der Waals surface area contributed by atoms with Crippen LogP contribution in [0.5, 0.6) is 0 Å². The van der Waals surface area contributed by atoms with Crippen molar-refractivity contribution in [3.8, 4) is 11.5 Å². The highest BCUT2D eigenvalue weighted by molar-refractivity contribution is 6.31. The lowest BCUT2D eigenvalue weighted by Crippen LogP contribution is -2.14. The number of nitrogens with zero attached hydrogens (tertiary/aromatic N) is 1. The van der Waals surface area contributed by atoms with Gasteiger partial charge in [-0.05, 0) is 65.9 Å². The number of hydrogen-bond acceptors (Lipinski definition) is 3. The Morgan fingerprint density at radius 3 is 2.40 bits per heavy atom. The molecule has 5 heteroatoms. The van der Waals surface area contributed by atoms with E-state index in [9.17, 15) is 4.79 Å². The van der Waals surface area contributed by atoms with Crippen molar-refractivity contribution in [2.45, 2.75) is 33.1 Å². The Bertz CT molecular complexity index is 1230. The van der Waals surface area contributed by atoms with Crippen LogP contribution in [-0.2, 0) is 5.41 Å². The fourth-order valence-corrected chi connectivity index (χ4v) is 3.36. The van der Waals surface area contributed by atoms with E-state index in [1.165, 1.54) is 5.56 Å². The van der Waals surface area contributed by atoms with Crippen molar-refractivity contribution in [2.75, 3.05) is 5.32 Å². The molecule has 1 aromatic heterocycles. The first-order valence-corrected chi connectivity index (χ1v) is 10.2. The highest BCUT2D eigenvalue weighted by atomic mass is 35.5. The third kappa shape index (κ3) is 4.10. The quantitative estimate of drug-likeness (QED) is 0.389. The fraction of sp³-hybridized carbons (Fsp3) is 0.200. The number of oxazole rings is 1. The van der Waals surface area contributed by atoms with Crippen LogP contribution in [0, 0.1) is 6.92 Å². The van der Waals surface area contributed by atoms with Crippen LogP contribution >= 0.6 is 11.6 Å². The number of hydrogen-bond donors (Lipinski definition) is 1. The standard InChI is InChI=1S/C25H23ClN2O2/c1-15-5-6-17(13-20(15)26)24-28-21-14-19(11-12-22(21)30-24)27-23(29)16-7-9-18(10-8-16)25(2,3)4/h5-14H,1-4H3,(H,27,29). The van der Waals surface area contributed by atoms with Gasteiger partial charge in [0.1, 0.15) is 5.52 Å². The smallest absolute Gasteiger partial charge is 0.255 e. The Morgan fingerprint density at radius 2 is 1.73 bits per heavy atom. The summed E-state index contributed by atoms with van der Waals surface area (Å²) < 4.78 is 5.86. The summed E-state index contributed by atoms with van der Waals surface area (Å²) in [5, 5.41) is 3.60. The van der Waals surface area contributed by atoms with Crippen molar-refractivity contribution in [3.63, 3.8) is 0 Å². The van der Waals surface area contributed by atoms with E-state index >= 15 is 0 Å². The summed E-state index contributed by atoms with van der Waals surface area (Å²) in [6.45, 7) is 8.39. The normalized spacial score (nSPS) is 11.6. The molecule has 4 aromatic rings. The fourth-order valence-electron chi connectivity index (χ4n) is 3.18. The molecule has 4 rings (SSSR count). The van der Waals surface area contributed by atoms with E-state index in [-0.39, 0.29) is 11.3 Å². The molecule has 0 bridgehead atoms. The third-order valence-corrected chi connectivity index (χ3v) is 5.48. The molecular formula is C25H23ClN2O2. The van der Waals surface area contributed by atoms with Gasteiger partial charge in [-0.1, -0.05) is 50.6 Å². The van der Waals surface area contributed by atoms with E-state index in [1.54, 1.807) is 18.2 Å². The number of anilines is 1. The molecule has 0 aliphatic carbocycles. The summed E-state index contributed by atoms with van der Waals surface area (Å²) in [5.74, 6) is 0.331. The summed E-state index contributed by atoms with van der Waals surface area (Å²) in [6.07, 6.45) is 0. The Morgan fingerprint density at radius 1 is 1.00 bits per heavy atom. The van der Waals surface area contributed by atoms with Crippen molar-refractivity contribution in [1.82, 2.24) is 4.98 Å². The maximum atomic E-state index is 12.6. The highest BCUT2D eigenvalue weighted by Crippen LogP contribution is 2.29. The summed E-state index contributed by atoms with van der Waals surface area (Å²) in [4.78, 5) is 17.2. The van der Waals surface area contributed by atoms with Crippen molar-refractivity contribution in [1.29, 1.82) is 0 Å². The first kappa shape index (κ1) is 20.2. The van der Waals surface area contributed by atoms with E-state index in [0.29, 0.717) is 33.3 Å². The van der Waals surface area contributed by atoms with Gasteiger partial charge in [-0.25, -0.2) is 4.98 Å². The number of rotatable bonds is 3. The molecule has 1 heterocycles. The van der Waals surface area contributed by atoms with Gasteiger partial charge in [-0.15, -0.1) is 0 Å². The SMILES string of the molecule is Cc1ccc(-c2nc3cc(NC(=O)c4ccc(C(C)(C)C)cc4)ccc3o2)cc1Cl. The Balaban J connectivity index is 1.56. The van der Waals surface area contributed by atoms with Gasteiger partial charge in [0.2, 0.25) is 5.89 Å². The minimum atomic E-state index is -0.163. The van der Waals surface area contributed by atoms with Gasteiger partial charge in [0, 0.05) is 21.8 Å². The number of aromatic nitrogens is 1. The Hall–Kier alpha value is -3.11. The molecule has 30 heavy (non-hydrogen) atoms. The molecule has 0 saturated heterocycles. The summed E-state index contributed by atoms with van der Waals surface area (Å²) >= 11 is 6.22. The summed E-state index contributed by atoms with van der Waals surface area (Å²) in [6, 6.07) is 18.8. The Labute approximate surface area is 180 Å². The summed E-state index contributed by atoms with van der Waals surface area (Å²) in [5.41, 5.74) is 5.63. The lowest BCUT2D eigenvalue weighted by molar-refractivity contribution is 0.102. The maximum Gasteiger partial charge on any atom is 0.255 e. The lowest BCUT2D eigenvalue weighted by atomic mass is 9.87. The number of amides is 1. The molecule has 0 spiro atoms. The molecular weight excluding hydrogens is 396 g/mol. The van der Waals surface area contributed by atoms with Gasteiger partial charge in [-0.2, -0.15) is 0 Å². The van der Waals surface area contributed by atoms with Gasteiger partial charge in [0.15, 0.2) is 5.58 Å². The van der Waals surface area contributed by atoms with Crippen LogP contribution in [0.3, 0.4) is 0 Å². The number of nitrogens with one attached hydrogen (secondary N) is 1. The van der Waals surface area contributed by atoms with Gasteiger partial charge in [-0.3, -0.25) is 4.79 Å². The van der Waals surface area contributed by atoms with Crippen LogP contribution in [0.2, 0.25) is 5.02 Å². The molecule has 0 radical (unpaired) electrons. The number of carbonyl (C=O) groups is 1. The monoisotopic (exact) mass is 418 g/mol. The number of fused-ring (bicyclic) bond motifs is 1. The number of halogens is 1. The zero-order chi connectivity index (χ0) is 21.5. The van der Waals surface area contributed by atoms with Crippen molar-refractivity contribution >= 4 is 34.3 Å². The number of benzene rings is 3. The van der Waals surface area contributed by atoms with Gasteiger partial charge < -0.3 is 9.73 Å². The first-order chi connectivity index (χ1) is 14.2. The highest BCUT2D eigenvalue weighted by Gasteiger charge is 2.15. The van der Waals surface area contributed by atoms with E-state index in [1.807, 2.05) is 49.4 Å². The molecule has 152 valence electrons. The molecule has 1 amide bonds. The average Bonchev–Trinajstić information content (AvgIpc) is 3.13. The molecule has 4 nitrogen and oxygen atoms in total. The predicted octanol–water partition coefficient (Wildman–Crippen LogP) is 7.01. The van der Waals surface area contributed by atoms with Crippen LogP contribution in [0.15, 0.2) is 65.1 Å². The minimum Gasteiger partial charge on any atom is -0.436 e. The van der Waals surface area contributed by atoms with E-state index in [2.05, 4.69) is 31.1 Å². The topological polar surface area (TPSA) is 55.1 Å². The summed E-state index contributed by atoms with van der Waals surface area (Å²) in [7, 11) is 0. The Kier molecular flexibility index (Phi) is 5.12. The second kappa shape index (κ2) is 7.62. The molecule has 0 aliphatic rings. The van der Waals surface area contributed by atoms with Gasteiger partial charge in [0.25, 0.3) is 5.91 Å². The zero-order valence-corrected chi connectivity index (χ0v) is 18.2. The van der Waals surface area contributed by atoms with Crippen molar-refractivity contribution in [3.05, 3.63) is 82.4 Å². The van der Waals surface area contributed by atoms with Crippen LogP contribution in [0.25, 0.3) is 22.6 Å². The van der Waals surface area contributed by atoms with E-state index in [4.69, 9.17) is 16.0 Å².